The Kier molecular flexibility index (Phi) is 5.36. The zero-order chi connectivity index (χ0) is 14.4. The van der Waals surface area contributed by atoms with Gasteiger partial charge < -0.3 is 5.32 Å². The maximum Gasteiger partial charge on any atom is 0.0607 e. The van der Waals surface area contributed by atoms with Crippen LogP contribution in [0.4, 0.5) is 0 Å². The highest BCUT2D eigenvalue weighted by Gasteiger charge is 2.12. The third-order valence-electron chi connectivity index (χ3n) is 3.72. The van der Waals surface area contributed by atoms with E-state index in [1.165, 1.54) is 16.8 Å². The predicted octanol–water partition coefficient (Wildman–Crippen LogP) is 3.49. The number of hydrogen-bond acceptors (Lipinski definition) is 2. The molecule has 2 rings (SSSR count). The Morgan fingerprint density at radius 3 is 2.45 bits per heavy atom. The first-order valence-corrected chi connectivity index (χ1v) is 7.55. The molecule has 3 heteroatoms. The van der Waals surface area contributed by atoms with Gasteiger partial charge in [0.25, 0.3) is 0 Å². The van der Waals surface area contributed by atoms with E-state index in [4.69, 9.17) is 0 Å². The molecule has 2 aromatic rings. The molecule has 1 atom stereocenters. The highest BCUT2D eigenvalue weighted by atomic mass is 15.3. The van der Waals surface area contributed by atoms with Crippen LogP contribution in [0.25, 0.3) is 0 Å². The van der Waals surface area contributed by atoms with Crippen LogP contribution in [0.2, 0.25) is 0 Å². The van der Waals surface area contributed by atoms with Crippen molar-refractivity contribution < 1.29 is 0 Å². The summed E-state index contributed by atoms with van der Waals surface area (Å²) in [5.74, 6) is 0. The molecule has 0 saturated heterocycles. The van der Waals surface area contributed by atoms with Crippen molar-refractivity contribution in [2.45, 2.75) is 46.2 Å². The van der Waals surface area contributed by atoms with Crippen molar-refractivity contribution in [2.75, 3.05) is 6.54 Å². The second-order valence-corrected chi connectivity index (χ2v) is 5.26. The highest BCUT2D eigenvalue weighted by Crippen LogP contribution is 2.17. The molecule has 0 aliphatic heterocycles. The SMILES string of the molecule is CCCNC(Cn1nccc1C)c1ccc(CC)cc1. The van der Waals surface area contributed by atoms with Crippen LogP contribution in [-0.2, 0) is 13.0 Å². The number of hydrogen-bond donors (Lipinski definition) is 1. The molecule has 0 spiro atoms. The molecule has 1 unspecified atom stereocenters. The van der Waals surface area contributed by atoms with Crippen LogP contribution in [0.3, 0.4) is 0 Å². The van der Waals surface area contributed by atoms with Gasteiger partial charge in [-0.3, -0.25) is 4.68 Å². The molecule has 1 N–H and O–H groups in total. The van der Waals surface area contributed by atoms with Crippen molar-refractivity contribution in [1.29, 1.82) is 0 Å². The number of nitrogens with zero attached hydrogens (tertiary/aromatic N) is 2. The van der Waals surface area contributed by atoms with Gasteiger partial charge in [0, 0.05) is 11.9 Å². The second kappa shape index (κ2) is 7.25. The third kappa shape index (κ3) is 3.70. The zero-order valence-electron chi connectivity index (χ0n) is 12.8. The molecule has 1 aromatic carbocycles. The van der Waals surface area contributed by atoms with Gasteiger partial charge in [-0.1, -0.05) is 38.1 Å². The van der Waals surface area contributed by atoms with Crippen LogP contribution in [-0.4, -0.2) is 16.3 Å². The van der Waals surface area contributed by atoms with Crippen LogP contribution in [0.5, 0.6) is 0 Å². The Morgan fingerprint density at radius 2 is 1.90 bits per heavy atom. The van der Waals surface area contributed by atoms with Gasteiger partial charge in [-0.25, -0.2) is 0 Å². The van der Waals surface area contributed by atoms with Crippen molar-refractivity contribution in [3.05, 3.63) is 53.3 Å². The van der Waals surface area contributed by atoms with Crippen molar-refractivity contribution in [1.82, 2.24) is 15.1 Å². The number of benzene rings is 1. The summed E-state index contributed by atoms with van der Waals surface area (Å²) < 4.78 is 2.07. The Hall–Kier alpha value is -1.61. The Bertz CT molecular complexity index is 513. The Labute approximate surface area is 122 Å². The summed E-state index contributed by atoms with van der Waals surface area (Å²) >= 11 is 0. The van der Waals surface area contributed by atoms with Crippen molar-refractivity contribution >= 4 is 0 Å². The summed E-state index contributed by atoms with van der Waals surface area (Å²) in [6.07, 6.45) is 4.10. The number of aryl methyl sites for hydroxylation is 2. The molecular weight excluding hydrogens is 246 g/mol. The van der Waals surface area contributed by atoms with E-state index >= 15 is 0 Å². The first-order valence-electron chi connectivity index (χ1n) is 7.55. The third-order valence-corrected chi connectivity index (χ3v) is 3.72. The quantitative estimate of drug-likeness (QED) is 0.835. The van der Waals surface area contributed by atoms with Gasteiger partial charge >= 0.3 is 0 Å². The average Bonchev–Trinajstić information content (AvgIpc) is 2.89. The van der Waals surface area contributed by atoms with E-state index in [-0.39, 0.29) is 0 Å². The molecule has 3 nitrogen and oxygen atoms in total. The van der Waals surface area contributed by atoms with E-state index in [1.54, 1.807) is 0 Å². The molecule has 0 saturated carbocycles. The maximum atomic E-state index is 4.40. The summed E-state index contributed by atoms with van der Waals surface area (Å²) in [7, 11) is 0. The van der Waals surface area contributed by atoms with Gasteiger partial charge in [0.05, 0.1) is 12.6 Å². The van der Waals surface area contributed by atoms with E-state index in [2.05, 4.69) is 66.2 Å². The van der Waals surface area contributed by atoms with Crippen molar-refractivity contribution in [2.24, 2.45) is 0 Å². The molecule has 0 radical (unpaired) electrons. The predicted molar refractivity (Wildman–Crippen MR) is 83.8 cm³/mol. The molecule has 1 heterocycles. The van der Waals surface area contributed by atoms with E-state index < -0.39 is 0 Å². The molecular formula is C17H25N3. The van der Waals surface area contributed by atoms with E-state index in [0.29, 0.717) is 6.04 Å². The fourth-order valence-electron chi connectivity index (χ4n) is 2.35. The molecule has 108 valence electrons. The minimum absolute atomic E-state index is 0.319. The largest absolute Gasteiger partial charge is 0.308 e. The average molecular weight is 271 g/mol. The lowest BCUT2D eigenvalue weighted by Gasteiger charge is -2.20. The van der Waals surface area contributed by atoms with Crippen LogP contribution >= 0.6 is 0 Å². The molecule has 20 heavy (non-hydrogen) atoms. The lowest BCUT2D eigenvalue weighted by molar-refractivity contribution is 0.433. The van der Waals surface area contributed by atoms with Gasteiger partial charge in [-0.05, 0) is 43.5 Å². The lowest BCUT2D eigenvalue weighted by atomic mass is 10.0. The monoisotopic (exact) mass is 271 g/mol. The Morgan fingerprint density at radius 1 is 1.15 bits per heavy atom. The second-order valence-electron chi connectivity index (χ2n) is 5.26. The van der Waals surface area contributed by atoms with Gasteiger partial charge in [-0.2, -0.15) is 5.10 Å². The van der Waals surface area contributed by atoms with E-state index in [1.807, 2.05) is 6.20 Å². The fourth-order valence-corrected chi connectivity index (χ4v) is 2.35. The lowest BCUT2D eigenvalue weighted by Crippen LogP contribution is -2.27. The molecule has 1 aromatic heterocycles. The molecule has 0 aliphatic rings. The van der Waals surface area contributed by atoms with Crippen LogP contribution in [0.1, 0.15) is 43.1 Å². The normalized spacial score (nSPS) is 12.6. The van der Waals surface area contributed by atoms with Crippen LogP contribution in [0, 0.1) is 6.92 Å². The minimum Gasteiger partial charge on any atom is -0.308 e. The summed E-state index contributed by atoms with van der Waals surface area (Å²) in [6.45, 7) is 8.40. The van der Waals surface area contributed by atoms with Gasteiger partial charge in [0.1, 0.15) is 0 Å². The molecule has 0 fully saturated rings. The van der Waals surface area contributed by atoms with Crippen molar-refractivity contribution in [3.8, 4) is 0 Å². The summed E-state index contributed by atoms with van der Waals surface area (Å²) in [5, 5.41) is 8.03. The summed E-state index contributed by atoms with van der Waals surface area (Å²) in [5.41, 5.74) is 3.93. The van der Waals surface area contributed by atoms with Crippen LogP contribution < -0.4 is 5.32 Å². The number of nitrogens with one attached hydrogen (secondary N) is 1. The molecule has 0 bridgehead atoms. The number of rotatable bonds is 7. The molecule has 0 amide bonds. The summed E-state index contributed by atoms with van der Waals surface area (Å²) in [4.78, 5) is 0. The smallest absolute Gasteiger partial charge is 0.0607 e. The van der Waals surface area contributed by atoms with Gasteiger partial charge in [0.15, 0.2) is 0 Å². The first-order chi connectivity index (χ1) is 9.74. The van der Waals surface area contributed by atoms with Gasteiger partial charge in [0.2, 0.25) is 0 Å². The zero-order valence-corrected chi connectivity index (χ0v) is 12.8. The maximum absolute atomic E-state index is 4.40. The van der Waals surface area contributed by atoms with Crippen molar-refractivity contribution in [3.63, 3.8) is 0 Å². The van der Waals surface area contributed by atoms with Crippen LogP contribution in [0.15, 0.2) is 36.5 Å². The first kappa shape index (κ1) is 14.8. The fraction of sp³-hybridized carbons (Fsp3) is 0.471. The number of aromatic nitrogens is 2. The van der Waals surface area contributed by atoms with Gasteiger partial charge in [-0.15, -0.1) is 0 Å². The highest BCUT2D eigenvalue weighted by molar-refractivity contribution is 5.25. The topological polar surface area (TPSA) is 29.9 Å². The van der Waals surface area contributed by atoms with E-state index in [9.17, 15) is 0 Å². The minimum atomic E-state index is 0.319. The Balaban J connectivity index is 2.15. The summed E-state index contributed by atoms with van der Waals surface area (Å²) in [6, 6.07) is 11.3. The van der Waals surface area contributed by atoms with E-state index in [0.717, 1.165) is 25.9 Å². The standard InChI is InChI=1S/C17H25N3/c1-4-11-18-17(13-20-14(3)10-12-19-20)16-8-6-15(5-2)7-9-16/h6-10,12,17-18H,4-5,11,13H2,1-3H3. The molecule has 0 aliphatic carbocycles.